The molecule has 5 aliphatic rings. The molecule has 0 amide bonds. The lowest BCUT2D eigenvalue weighted by Gasteiger charge is -2.45. The number of hydrogen-bond donors (Lipinski definition) is 5. The number of H-pyrrole nitrogens is 1. The van der Waals surface area contributed by atoms with Crippen molar-refractivity contribution in [2.45, 2.75) is 63.4 Å². The Morgan fingerprint density at radius 2 is 1.74 bits per heavy atom. The van der Waals surface area contributed by atoms with Gasteiger partial charge in [0.2, 0.25) is 0 Å². The lowest BCUT2D eigenvalue weighted by atomic mass is 9.85. The smallest absolute Gasteiger partial charge is 0.121 e. The number of hydrogen-bond acceptors (Lipinski definition) is 7. The van der Waals surface area contributed by atoms with Crippen LogP contribution in [-0.2, 0) is 19.6 Å². The molecule has 4 unspecified atom stereocenters. The van der Waals surface area contributed by atoms with Crippen LogP contribution in [0.4, 0.5) is 0 Å². The fraction of sp³-hybridized carbons (Fsp3) is 0.447. The highest BCUT2D eigenvalue weighted by Gasteiger charge is 2.33. The van der Waals surface area contributed by atoms with Crippen LogP contribution in [0.25, 0.3) is 11.0 Å². The Hall–Kier alpha value is -3.69. The number of fused-ring (bicyclic) bond motifs is 12. The molecular weight excluding hydrogens is 568 g/mol. The van der Waals surface area contributed by atoms with E-state index in [2.05, 4.69) is 114 Å². The van der Waals surface area contributed by atoms with Gasteiger partial charge in [0.25, 0.3) is 0 Å². The molecule has 3 saturated heterocycles. The number of nitrogens with zero attached hydrogens (tertiary/aromatic N) is 3. The van der Waals surface area contributed by atoms with Crippen molar-refractivity contribution in [1.29, 1.82) is 0 Å². The molecule has 4 atom stereocenters. The van der Waals surface area contributed by atoms with Crippen LogP contribution in [0.3, 0.4) is 0 Å². The van der Waals surface area contributed by atoms with Crippen LogP contribution < -0.4 is 21.3 Å². The van der Waals surface area contributed by atoms with Crippen LogP contribution in [0.2, 0.25) is 0 Å². The van der Waals surface area contributed by atoms with Crippen molar-refractivity contribution in [1.82, 2.24) is 41.0 Å². The summed E-state index contributed by atoms with van der Waals surface area (Å²) in [5.41, 5.74) is 6.32. The Morgan fingerprint density at radius 3 is 2.63 bits per heavy atom. The second-order valence-corrected chi connectivity index (χ2v) is 13.3. The molecule has 8 heteroatoms. The molecule has 2 bridgehead atoms. The first-order chi connectivity index (χ1) is 22.8. The van der Waals surface area contributed by atoms with Gasteiger partial charge in [-0.2, -0.15) is 0 Å². The van der Waals surface area contributed by atoms with Crippen LogP contribution in [-0.4, -0.2) is 77.2 Å². The van der Waals surface area contributed by atoms with Crippen molar-refractivity contribution in [2.75, 3.05) is 39.3 Å². The highest BCUT2D eigenvalue weighted by atomic mass is 15.2. The van der Waals surface area contributed by atoms with Gasteiger partial charge in [0, 0.05) is 76.1 Å². The van der Waals surface area contributed by atoms with Gasteiger partial charge >= 0.3 is 0 Å². The Bertz CT molecular complexity index is 1500. The molecule has 46 heavy (non-hydrogen) atoms. The van der Waals surface area contributed by atoms with E-state index in [9.17, 15) is 0 Å². The van der Waals surface area contributed by atoms with Crippen molar-refractivity contribution in [3.8, 4) is 0 Å². The van der Waals surface area contributed by atoms with E-state index in [0.29, 0.717) is 24.0 Å². The summed E-state index contributed by atoms with van der Waals surface area (Å²) in [6.07, 6.45) is 20.7. The van der Waals surface area contributed by atoms with E-state index in [4.69, 9.17) is 0 Å². The molecule has 1 aromatic heterocycles. The average Bonchev–Trinajstić information content (AvgIpc) is 3.52. The first-order valence-corrected chi connectivity index (χ1v) is 17.4. The van der Waals surface area contributed by atoms with Gasteiger partial charge < -0.3 is 31.2 Å². The van der Waals surface area contributed by atoms with Gasteiger partial charge in [-0.3, -0.25) is 4.90 Å². The number of benzene rings is 2. The zero-order chi connectivity index (χ0) is 31.0. The fourth-order valence-corrected chi connectivity index (χ4v) is 7.60. The summed E-state index contributed by atoms with van der Waals surface area (Å²) in [5.74, 6) is 1.58. The number of aromatic nitrogens is 2. The third-order valence-corrected chi connectivity index (χ3v) is 10.1. The number of aromatic amines is 1. The second kappa shape index (κ2) is 15.3. The Balaban J connectivity index is 0.971. The number of piperidine rings is 1. The largest absolute Gasteiger partial charge is 0.383 e. The van der Waals surface area contributed by atoms with E-state index in [0.717, 1.165) is 75.8 Å². The van der Waals surface area contributed by atoms with Crippen LogP contribution in [0, 0.1) is 5.92 Å². The molecular formula is C38H50N8. The predicted octanol–water partition coefficient (Wildman–Crippen LogP) is 4.57. The maximum absolute atomic E-state index is 4.68. The van der Waals surface area contributed by atoms with Crippen LogP contribution in [0.5, 0.6) is 0 Å². The minimum Gasteiger partial charge on any atom is -0.383 e. The zero-order valence-electron chi connectivity index (χ0n) is 27.0. The van der Waals surface area contributed by atoms with Gasteiger partial charge in [-0.05, 0) is 67.3 Å². The third kappa shape index (κ3) is 7.81. The molecule has 0 spiro atoms. The molecule has 3 aromatic rings. The van der Waals surface area contributed by atoms with Crippen molar-refractivity contribution in [2.24, 2.45) is 5.92 Å². The molecule has 6 heterocycles. The number of nitrogens with one attached hydrogen (secondary N) is 5. The third-order valence-electron chi connectivity index (χ3n) is 10.1. The maximum Gasteiger partial charge on any atom is 0.121 e. The summed E-state index contributed by atoms with van der Waals surface area (Å²) in [6, 6.07) is 18.7. The van der Waals surface area contributed by atoms with E-state index < -0.39 is 0 Å². The molecule has 5 N–H and O–H groups in total. The number of allylic oxidation sites excluding steroid dienone is 4. The van der Waals surface area contributed by atoms with E-state index in [-0.39, 0.29) is 0 Å². The predicted molar refractivity (Wildman–Crippen MR) is 188 cm³/mol. The van der Waals surface area contributed by atoms with Gasteiger partial charge in [0.1, 0.15) is 5.82 Å². The topological polar surface area (TPSA) is 83.3 Å². The molecule has 0 saturated carbocycles. The summed E-state index contributed by atoms with van der Waals surface area (Å²) >= 11 is 0. The standard InChI is InChI=1S/C38H50N8/c1-2-9-36-35(8-1)43-38(44-36)27-40-25-29-11-13-30(14-12-29)28-45-23-20-39-26-31-15-16-32(46-22-6-4-10-37(31)46)17-18-34(42-21-24-45)33-7-3-5-19-41-33/h1-14,19,31-34,39-42H,15-18,20-28H2,(H,43,44). The normalized spacial score (nSPS) is 25.9. The molecule has 0 radical (unpaired) electrons. The highest BCUT2D eigenvalue weighted by Crippen LogP contribution is 2.35. The van der Waals surface area contributed by atoms with Gasteiger partial charge in [0.05, 0.1) is 23.6 Å². The molecule has 0 aliphatic carbocycles. The zero-order valence-corrected chi connectivity index (χ0v) is 27.0. The second-order valence-electron chi connectivity index (χ2n) is 13.3. The van der Waals surface area contributed by atoms with Gasteiger partial charge in [-0.25, -0.2) is 4.98 Å². The Kier molecular flexibility index (Phi) is 10.3. The average molecular weight is 619 g/mol. The summed E-state index contributed by atoms with van der Waals surface area (Å²) in [4.78, 5) is 13.4. The molecule has 5 aliphatic heterocycles. The van der Waals surface area contributed by atoms with Crippen LogP contribution in [0.1, 0.15) is 42.6 Å². The minimum atomic E-state index is 0.330. The Morgan fingerprint density at radius 1 is 0.870 bits per heavy atom. The highest BCUT2D eigenvalue weighted by molar-refractivity contribution is 5.74. The van der Waals surface area contributed by atoms with Gasteiger partial charge in [0.15, 0.2) is 0 Å². The Labute approximate surface area is 274 Å². The molecule has 242 valence electrons. The summed E-state index contributed by atoms with van der Waals surface area (Å²) in [7, 11) is 0. The summed E-state index contributed by atoms with van der Waals surface area (Å²) in [5, 5.41) is 15.0. The first-order valence-electron chi connectivity index (χ1n) is 17.4. The van der Waals surface area contributed by atoms with Gasteiger partial charge in [-0.1, -0.05) is 60.7 Å². The van der Waals surface area contributed by atoms with Crippen molar-refractivity contribution < 1.29 is 0 Å². The SMILES string of the molecule is C1=CCN2C(=C1)C1CCC2CCC(C2C=CC=CN2)NCCN(Cc2ccc(CNCc3nc4ccccc4[nH]3)cc2)CCNC1. The van der Waals surface area contributed by atoms with E-state index >= 15 is 0 Å². The van der Waals surface area contributed by atoms with Crippen molar-refractivity contribution in [3.05, 3.63) is 114 Å². The molecule has 8 rings (SSSR count). The lowest BCUT2D eigenvalue weighted by Crippen LogP contribution is -2.49. The maximum atomic E-state index is 4.68. The van der Waals surface area contributed by atoms with E-state index in [1.807, 2.05) is 18.2 Å². The van der Waals surface area contributed by atoms with Crippen molar-refractivity contribution in [3.63, 3.8) is 0 Å². The number of imidazole rings is 1. The minimum absolute atomic E-state index is 0.330. The van der Waals surface area contributed by atoms with Gasteiger partial charge in [-0.15, -0.1) is 0 Å². The van der Waals surface area contributed by atoms with Crippen LogP contribution >= 0.6 is 0 Å². The van der Waals surface area contributed by atoms with E-state index in [1.165, 1.54) is 36.8 Å². The quantitative estimate of drug-likeness (QED) is 0.248. The van der Waals surface area contributed by atoms with Crippen molar-refractivity contribution >= 4 is 11.0 Å². The van der Waals surface area contributed by atoms with Crippen LogP contribution in [0.15, 0.2) is 96.9 Å². The number of dihydropyridines is 1. The molecule has 8 nitrogen and oxygen atoms in total. The molecule has 3 fully saturated rings. The summed E-state index contributed by atoms with van der Waals surface area (Å²) in [6.45, 7) is 8.68. The molecule has 2 aromatic carbocycles. The first kappa shape index (κ1) is 30.9. The number of rotatable bonds is 7. The summed E-state index contributed by atoms with van der Waals surface area (Å²) < 4.78 is 0. The van der Waals surface area contributed by atoms with E-state index in [1.54, 1.807) is 5.70 Å². The monoisotopic (exact) mass is 618 g/mol. The lowest BCUT2D eigenvalue weighted by molar-refractivity contribution is 0.160. The fourth-order valence-electron chi connectivity index (χ4n) is 7.60. The number of para-hydroxylation sites is 2.